The maximum atomic E-state index is 13.4. The molecule has 21 heavy (non-hydrogen) atoms. The molecule has 1 N–H and O–H groups in total. The van der Waals surface area contributed by atoms with E-state index in [0.29, 0.717) is 22.9 Å². The van der Waals surface area contributed by atoms with Crippen LogP contribution in [0.25, 0.3) is 0 Å². The van der Waals surface area contributed by atoms with Crippen molar-refractivity contribution in [2.75, 3.05) is 0 Å². The minimum atomic E-state index is -0.336. The molecule has 1 fully saturated rings. The molecule has 2 aromatic rings. The van der Waals surface area contributed by atoms with E-state index in [1.165, 1.54) is 18.9 Å². The van der Waals surface area contributed by atoms with Crippen molar-refractivity contribution in [2.45, 2.75) is 39.0 Å². The zero-order chi connectivity index (χ0) is 14.8. The summed E-state index contributed by atoms with van der Waals surface area (Å²) in [5, 5.41) is 3.46. The van der Waals surface area contributed by atoms with E-state index >= 15 is 0 Å². The summed E-state index contributed by atoms with van der Waals surface area (Å²) in [5.41, 5.74) is 1.16. The monoisotopic (exact) mass is 353 g/mol. The van der Waals surface area contributed by atoms with Gasteiger partial charge in [-0.05, 0) is 53.9 Å². The molecule has 0 saturated heterocycles. The van der Waals surface area contributed by atoms with Gasteiger partial charge in [-0.2, -0.15) is 0 Å². The molecule has 0 aliphatic heterocycles. The Kier molecular flexibility index (Phi) is 4.31. The number of furan rings is 1. The highest BCUT2D eigenvalue weighted by Crippen LogP contribution is 2.23. The fourth-order valence-electron chi connectivity index (χ4n) is 2.10. The van der Waals surface area contributed by atoms with E-state index in [9.17, 15) is 4.39 Å². The molecule has 0 bridgehead atoms. The highest BCUT2D eigenvalue weighted by Gasteiger charge is 2.21. The second-order valence-electron chi connectivity index (χ2n) is 5.31. The van der Waals surface area contributed by atoms with Crippen molar-refractivity contribution in [1.82, 2.24) is 5.32 Å². The molecule has 0 unspecified atom stereocenters. The van der Waals surface area contributed by atoms with Crippen LogP contribution in [0.2, 0.25) is 0 Å². The van der Waals surface area contributed by atoms with Gasteiger partial charge >= 0.3 is 0 Å². The normalized spacial score (nSPS) is 14.4. The molecule has 1 aliphatic carbocycles. The van der Waals surface area contributed by atoms with Crippen LogP contribution in [0.1, 0.15) is 29.9 Å². The lowest BCUT2D eigenvalue weighted by atomic mass is 10.2. The number of hydrogen-bond donors (Lipinski definition) is 1. The average molecular weight is 354 g/mol. The first kappa shape index (κ1) is 14.6. The van der Waals surface area contributed by atoms with E-state index in [1.807, 2.05) is 13.0 Å². The van der Waals surface area contributed by atoms with Crippen LogP contribution >= 0.6 is 15.9 Å². The molecule has 0 amide bonds. The molecule has 3 rings (SSSR count). The number of aryl methyl sites for hydroxylation is 1. The minimum absolute atomic E-state index is 0.297. The van der Waals surface area contributed by atoms with Gasteiger partial charge in [0.05, 0.1) is 4.47 Å². The van der Waals surface area contributed by atoms with E-state index in [-0.39, 0.29) is 5.82 Å². The zero-order valence-electron chi connectivity index (χ0n) is 11.8. The molecule has 1 aromatic carbocycles. The van der Waals surface area contributed by atoms with Gasteiger partial charge < -0.3 is 14.5 Å². The zero-order valence-corrected chi connectivity index (χ0v) is 13.4. The highest BCUT2D eigenvalue weighted by molar-refractivity contribution is 9.10. The van der Waals surface area contributed by atoms with E-state index in [1.54, 1.807) is 12.1 Å². The van der Waals surface area contributed by atoms with Gasteiger partial charge in [0.25, 0.3) is 0 Å². The first-order valence-corrected chi connectivity index (χ1v) is 7.80. The maximum absolute atomic E-state index is 13.4. The van der Waals surface area contributed by atoms with Crippen molar-refractivity contribution in [3.63, 3.8) is 0 Å². The standard InChI is InChI=1S/C16H17BrFNO2/c1-10-11(8-19-12-2-3-12)6-14(21-10)9-20-13-4-5-15(17)16(18)7-13/h4-7,12,19H,2-3,8-9H2,1H3. The van der Waals surface area contributed by atoms with Crippen LogP contribution < -0.4 is 10.1 Å². The van der Waals surface area contributed by atoms with E-state index in [0.717, 1.165) is 23.6 Å². The summed E-state index contributed by atoms with van der Waals surface area (Å²) in [4.78, 5) is 0. The van der Waals surface area contributed by atoms with Crippen LogP contribution in [0.3, 0.4) is 0 Å². The summed E-state index contributed by atoms with van der Waals surface area (Å²) < 4.78 is 25.1. The minimum Gasteiger partial charge on any atom is -0.486 e. The van der Waals surface area contributed by atoms with E-state index < -0.39 is 0 Å². The Bertz CT molecular complexity index is 637. The van der Waals surface area contributed by atoms with Crippen LogP contribution in [-0.4, -0.2) is 6.04 Å². The first-order valence-electron chi connectivity index (χ1n) is 7.01. The lowest BCUT2D eigenvalue weighted by Gasteiger charge is -2.04. The summed E-state index contributed by atoms with van der Waals surface area (Å²) in [6.45, 7) is 3.07. The molecule has 1 aromatic heterocycles. The smallest absolute Gasteiger partial charge is 0.146 e. The lowest BCUT2D eigenvalue weighted by Crippen LogP contribution is -2.15. The SMILES string of the molecule is Cc1oc(COc2ccc(Br)c(F)c2)cc1CNC1CC1. The molecular formula is C16H17BrFNO2. The number of nitrogens with one attached hydrogen (secondary N) is 1. The molecule has 112 valence electrons. The van der Waals surface area contributed by atoms with Gasteiger partial charge in [0.2, 0.25) is 0 Å². The van der Waals surface area contributed by atoms with Crippen LogP contribution in [0.15, 0.2) is 33.2 Å². The number of hydrogen-bond acceptors (Lipinski definition) is 3. The Morgan fingerprint density at radius 1 is 1.38 bits per heavy atom. The topological polar surface area (TPSA) is 34.4 Å². The molecule has 0 spiro atoms. The van der Waals surface area contributed by atoms with E-state index in [2.05, 4.69) is 21.2 Å². The second-order valence-corrected chi connectivity index (χ2v) is 6.17. The largest absolute Gasteiger partial charge is 0.486 e. The third-order valence-electron chi connectivity index (χ3n) is 3.50. The van der Waals surface area contributed by atoms with Gasteiger partial charge in [-0.25, -0.2) is 4.39 Å². The highest BCUT2D eigenvalue weighted by atomic mass is 79.9. The van der Waals surface area contributed by atoms with Crippen LogP contribution in [0, 0.1) is 12.7 Å². The third-order valence-corrected chi connectivity index (χ3v) is 4.15. The summed E-state index contributed by atoms with van der Waals surface area (Å²) in [6.07, 6.45) is 2.53. The van der Waals surface area contributed by atoms with Gasteiger partial charge in [-0.3, -0.25) is 0 Å². The molecule has 1 heterocycles. The van der Waals surface area contributed by atoms with Crippen molar-refractivity contribution in [3.05, 3.63) is 51.6 Å². The number of benzene rings is 1. The molecule has 3 nitrogen and oxygen atoms in total. The molecule has 1 aliphatic rings. The van der Waals surface area contributed by atoms with E-state index in [4.69, 9.17) is 9.15 Å². The Hall–Kier alpha value is -1.33. The van der Waals surface area contributed by atoms with Gasteiger partial charge in [0.1, 0.15) is 29.7 Å². The van der Waals surface area contributed by atoms with Crippen molar-refractivity contribution in [2.24, 2.45) is 0 Å². The summed E-state index contributed by atoms with van der Waals surface area (Å²) in [7, 11) is 0. The molecular weight excluding hydrogens is 337 g/mol. The van der Waals surface area contributed by atoms with Crippen molar-refractivity contribution >= 4 is 15.9 Å². The number of ether oxygens (including phenoxy) is 1. The van der Waals surface area contributed by atoms with Crippen LogP contribution in [0.5, 0.6) is 5.75 Å². The lowest BCUT2D eigenvalue weighted by molar-refractivity contribution is 0.266. The van der Waals surface area contributed by atoms with Crippen molar-refractivity contribution < 1.29 is 13.5 Å². The van der Waals surface area contributed by atoms with Crippen LogP contribution in [0.4, 0.5) is 4.39 Å². The Morgan fingerprint density at radius 3 is 2.90 bits per heavy atom. The summed E-state index contributed by atoms with van der Waals surface area (Å²) >= 11 is 3.12. The fourth-order valence-corrected chi connectivity index (χ4v) is 2.34. The van der Waals surface area contributed by atoms with Crippen molar-refractivity contribution in [3.8, 4) is 5.75 Å². The molecule has 5 heteroatoms. The molecule has 1 saturated carbocycles. The van der Waals surface area contributed by atoms with Gasteiger partial charge in [-0.15, -0.1) is 0 Å². The third kappa shape index (κ3) is 3.86. The fraction of sp³-hybridized carbons (Fsp3) is 0.375. The predicted molar refractivity (Wildman–Crippen MR) is 81.7 cm³/mol. The Labute approximate surface area is 131 Å². The summed E-state index contributed by atoms with van der Waals surface area (Å²) in [6, 6.07) is 7.38. The van der Waals surface area contributed by atoms with Crippen molar-refractivity contribution in [1.29, 1.82) is 0 Å². The maximum Gasteiger partial charge on any atom is 0.146 e. The van der Waals surface area contributed by atoms with Gasteiger partial charge in [0.15, 0.2) is 0 Å². The number of rotatable bonds is 6. The van der Waals surface area contributed by atoms with Gasteiger partial charge in [0, 0.05) is 24.2 Å². The Balaban J connectivity index is 1.59. The first-order chi connectivity index (χ1) is 10.1. The van der Waals surface area contributed by atoms with Gasteiger partial charge in [-0.1, -0.05) is 0 Å². The average Bonchev–Trinajstić information content (AvgIpc) is 3.22. The Morgan fingerprint density at radius 2 is 2.19 bits per heavy atom. The summed E-state index contributed by atoms with van der Waals surface area (Å²) in [5.74, 6) is 1.81. The number of halogens is 2. The predicted octanol–water partition coefficient (Wildman–Crippen LogP) is 4.32. The molecule has 0 radical (unpaired) electrons. The second kappa shape index (κ2) is 6.20. The molecule has 0 atom stereocenters. The van der Waals surface area contributed by atoms with Crippen LogP contribution in [-0.2, 0) is 13.2 Å². The quantitative estimate of drug-likeness (QED) is 0.839.